The highest BCUT2D eigenvalue weighted by Gasteiger charge is 2.12. The SMILES string of the molecule is Cc1nc(C(=O)O)c(C)o1.Cl. The third kappa shape index (κ3) is 1.94. The van der Waals surface area contributed by atoms with E-state index in [1.807, 2.05) is 0 Å². The van der Waals surface area contributed by atoms with Gasteiger partial charge in [-0.15, -0.1) is 12.4 Å². The summed E-state index contributed by atoms with van der Waals surface area (Å²) in [4.78, 5) is 14.0. The molecule has 1 aromatic rings. The van der Waals surface area contributed by atoms with E-state index < -0.39 is 5.97 Å². The minimum absolute atomic E-state index is 0. The quantitative estimate of drug-likeness (QED) is 0.705. The smallest absolute Gasteiger partial charge is 0.358 e. The predicted molar refractivity (Wildman–Crippen MR) is 40.2 cm³/mol. The average Bonchev–Trinajstić information content (AvgIpc) is 2.10. The standard InChI is InChI=1S/C6H7NO3.ClH/c1-3-5(6(8)9)7-4(2)10-3;/h1-2H3,(H,8,9);1H. The summed E-state index contributed by atoms with van der Waals surface area (Å²) in [7, 11) is 0. The van der Waals surface area contributed by atoms with Gasteiger partial charge >= 0.3 is 5.97 Å². The van der Waals surface area contributed by atoms with Gasteiger partial charge in [0.1, 0.15) is 5.76 Å². The second-order valence-corrected chi connectivity index (χ2v) is 1.94. The minimum Gasteiger partial charge on any atom is -0.476 e. The van der Waals surface area contributed by atoms with E-state index in [1.54, 1.807) is 13.8 Å². The fourth-order valence-electron chi connectivity index (χ4n) is 0.727. The average molecular weight is 178 g/mol. The van der Waals surface area contributed by atoms with E-state index in [-0.39, 0.29) is 18.1 Å². The molecule has 0 amide bonds. The number of carbonyl (C=O) groups is 1. The van der Waals surface area contributed by atoms with Gasteiger partial charge in [0.2, 0.25) is 0 Å². The molecule has 0 spiro atoms. The topological polar surface area (TPSA) is 63.3 Å². The highest BCUT2D eigenvalue weighted by molar-refractivity contribution is 5.86. The van der Waals surface area contributed by atoms with Crippen LogP contribution in [-0.4, -0.2) is 16.1 Å². The Morgan fingerprint density at radius 2 is 2.09 bits per heavy atom. The molecule has 4 nitrogen and oxygen atoms in total. The molecule has 11 heavy (non-hydrogen) atoms. The minimum atomic E-state index is -1.05. The van der Waals surface area contributed by atoms with E-state index in [0.717, 1.165) is 0 Å². The zero-order valence-electron chi connectivity index (χ0n) is 6.12. The number of aromatic nitrogens is 1. The molecule has 5 heteroatoms. The lowest BCUT2D eigenvalue weighted by atomic mass is 10.4. The molecule has 1 rings (SSSR count). The van der Waals surface area contributed by atoms with Gasteiger partial charge < -0.3 is 9.52 Å². The van der Waals surface area contributed by atoms with Gasteiger partial charge in [0.15, 0.2) is 11.6 Å². The Balaban J connectivity index is 0.000001000. The lowest BCUT2D eigenvalue weighted by Gasteiger charge is -1.83. The first-order valence-corrected chi connectivity index (χ1v) is 2.78. The van der Waals surface area contributed by atoms with Crippen molar-refractivity contribution in [2.24, 2.45) is 0 Å². The molecule has 0 fully saturated rings. The van der Waals surface area contributed by atoms with Gasteiger partial charge in [-0.05, 0) is 6.92 Å². The maximum atomic E-state index is 10.3. The zero-order chi connectivity index (χ0) is 7.72. The molecule has 0 radical (unpaired) electrons. The molecule has 0 bridgehead atoms. The van der Waals surface area contributed by atoms with Gasteiger partial charge in [-0.3, -0.25) is 0 Å². The van der Waals surface area contributed by atoms with Crippen molar-refractivity contribution >= 4 is 18.4 Å². The van der Waals surface area contributed by atoms with Crippen LogP contribution in [0.4, 0.5) is 0 Å². The number of halogens is 1. The van der Waals surface area contributed by atoms with Crippen molar-refractivity contribution in [3.8, 4) is 0 Å². The number of carboxylic acid groups (broad SMARTS) is 1. The molecule has 62 valence electrons. The molecule has 0 atom stereocenters. The second-order valence-electron chi connectivity index (χ2n) is 1.94. The van der Waals surface area contributed by atoms with Crippen molar-refractivity contribution in [2.45, 2.75) is 13.8 Å². The van der Waals surface area contributed by atoms with Crippen molar-refractivity contribution in [1.82, 2.24) is 4.98 Å². The number of hydrogen-bond acceptors (Lipinski definition) is 3. The summed E-state index contributed by atoms with van der Waals surface area (Å²) in [5.74, 6) is -0.311. The van der Waals surface area contributed by atoms with Gasteiger partial charge in [0.25, 0.3) is 0 Å². The predicted octanol–water partition coefficient (Wildman–Crippen LogP) is 1.41. The first kappa shape index (κ1) is 9.97. The van der Waals surface area contributed by atoms with Crippen molar-refractivity contribution in [1.29, 1.82) is 0 Å². The van der Waals surface area contributed by atoms with E-state index in [0.29, 0.717) is 11.7 Å². The molecule has 1 aromatic heterocycles. The van der Waals surface area contributed by atoms with Crippen LogP contribution in [0.15, 0.2) is 4.42 Å². The Kier molecular flexibility index (Phi) is 3.07. The Bertz CT molecular complexity index is 269. The van der Waals surface area contributed by atoms with Crippen LogP contribution in [0.25, 0.3) is 0 Å². The summed E-state index contributed by atoms with van der Waals surface area (Å²) in [6, 6.07) is 0. The first-order valence-electron chi connectivity index (χ1n) is 2.78. The molecule has 0 aliphatic heterocycles. The van der Waals surface area contributed by atoms with Crippen LogP contribution in [0.3, 0.4) is 0 Å². The monoisotopic (exact) mass is 177 g/mol. The Morgan fingerprint density at radius 1 is 1.55 bits per heavy atom. The number of nitrogens with zero attached hydrogens (tertiary/aromatic N) is 1. The van der Waals surface area contributed by atoms with Crippen LogP contribution < -0.4 is 0 Å². The van der Waals surface area contributed by atoms with Crippen LogP contribution in [0.1, 0.15) is 22.1 Å². The number of aryl methyl sites for hydroxylation is 2. The molecule has 0 saturated heterocycles. The molecule has 0 aliphatic rings. The van der Waals surface area contributed by atoms with Gasteiger partial charge in [-0.2, -0.15) is 0 Å². The molecule has 0 saturated carbocycles. The summed E-state index contributed by atoms with van der Waals surface area (Å²) in [5, 5.41) is 8.46. The van der Waals surface area contributed by atoms with Crippen LogP contribution in [0.5, 0.6) is 0 Å². The molecule has 0 aliphatic carbocycles. The van der Waals surface area contributed by atoms with Crippen LogP contribution in [0.2, 0.25) is 0 Å². The largest absolute Gasteiger partial charge is 0.476 e. The van der Waals surface area contributed by atoms with E-state index >= 15 is 0 Å². The van der Waals surface area contributed by atoms with E-state index in [2.05, 4.69) is 4.98 Å². The molecular weight excluding hydrogens is 170 g/mol. The molecular formula is C6H8ClNO3. The molecule has 1 N–H and O–H groups in total. The second kappa shape index (κ2) is 3.39. The summed E-state index contributed by atoms with van der Waals surface area (Å²) < 4.78 is 4.88. The normalized spacial score (nSPS) is 8.91. The van der Waals surface area contributed by atoms with Gasteiger partial charge in [0, 0.05) is 6.92 Å². The van der Waals surface area contributed by atoms with Crippen molar-refractivity contribution in [3.05, 3.63) is 17.3 Å². The highest BCUT2D eigenvalue weighted by atomic mass is 35.5. The molecule has 1 heterocycles. The molecule has 0 unspecified atom stereocenters. The maximum Gasteiger partial charge on any atom is 0.358 e. The van der Waals surface area contributed by atoms with Gasteiger partial charge in [-0.1, -0.05) is 0 Å². The Morgan fingerprint density at radius 3 is 2.27 bits per heavy atom. The van der Waals surface area contributed by atoms with Gasteiger partial charge in [0.05, 0.1) is 0 Å². The Labute approximate surface area is 69.6 Å². The zero-order valence-corrected chi connectivity index (χ0v) is 6.94. The van der Waals surface area contributed by atoms with E-state index in [4.69, 9.17) is 9.52 Å². The summed E-state index contributed by atoms with van der Waals surface area (Å²) >= 11 is 0. The highest BCUT2D eigenvalue weighted by Crippen LogP contribution is 2.07. The van der Waals surface area contributed by atoms with Crippen molar-refractivity contribution in [2.75, 3.05) is 0 Å². The summed E-state index contributed by atoms with van der Waals surface area (Å²) in [6.07, 6.45) is 0. The number of oxazole rings is 1. The molecule has 0 aromatic carbocycles. The van der Waals surface area contributed by atoms with Crippen LogP contribution in [0, 0.1) is 13.8 Å². The lowest BCUT2D eigenvalue weighted by Crippen LogP contribution is -1.98. The number of carboxylic acids is 1. The van der Waals surface area contributed by atoms with Crippen molar-refractivity contribution < 1.29 is 14.3 Å². The number of rotatable bonds is 1. The van der Waals surface area contributed by atoms with Crippen LogP contribution >= 0.6 is 12.4 Å². The first-order chi connectivity index (χ1) is 4.61. The maximum absolute atomic E-state index is 10.3. The van der Waals surface area contributed by atoms with Gasteiger partial charge in [-0.25, -0.2) is 9.78 Å². The van der Waals surface area contributed by atoms with E-state index in [9.17, 15) is 4.79 Å². The summed E-state index contributed by atoms with van der Waals surface area (Å²) in [5.41, 5.74) is -0.00231. The number of aromatic carboxylic acids is 1. The lowest BCUT2D eigenvalue weighted by molar-refractivity contribution is 0.0689. The summed E-state index contributed by atoms with van der Waals surface area (Å²) in [6.45, 7) is 3.18. The fourth-order valence-corrected chi connectivity index (χ4v) is 0.727. The van der Waals surface area contributed by atoms with Crippen LogP contribution in [-0.2, 0) is 0 Å². The fraction of sp³-hybridized carbons (Fsp3) is 0.333. The van der Waals surface area contributed by atoms with E-state index in [1.165, 1.54) is 0 Å². The third-order valence-corrected chi connectivity index (χ3v) is 1.11. The third-order valence-electron chi connectivity index (χ3n) is 1.11. The van der Waals surface area contributed by atoms with Crippen molar-refractivity contribution in [3.63, 3.8) is 0 Å². The Hall–Kier alpha value is -1.03. The number of hydrogen-bond donors (Lipinski definition) is 1.